The van der Waals surface area contributed by atoms with Crippen LogP contribution >= 0.6 is 11.6 Å². The van der Waals surface area contributed by atoms with E-state index in [1.165, 1.54) is 12.1 Å². The molecule has 0 aliphatic carbocycles. The fourth-order valence-corrected chi connectivity index (χ4v) is 2.18. The van der Waals surface area contributed by atoms with Gasteiger partial charge in [0.25, 0.3) is 0 Å². The van der Waals surface area contributed by atoms with E-state index in [1.54, 1.807) is 23.9 Å². The monoisotopic (exact) mass is 268 g/mol. The summed E-state index contributed by atoms with van der Waals surface area (Å²) in [6.45, 7) is 1.83. The van der Waals surface area contributed by atoms with Gasteiger partial charge in [0.2, 0.25) is 0 Å². The summed E-state index contributed by atoms with van der Waals surface area (Å²) in [4.78, 5) is 0. The van der Waals surface area contributed by atoms with Crippen molar-refractivity contribution in [2.45, 2.75) is 19.4 Å². The molecule has 0 amide bonds. The highest BCUT2D eigenvalue weighted by Gasteiger charge is 2.17. The van der Waals surface area contributed by atoms with E-state index in [0.29, 0.717) is 17.1 Å². The van der Waals surface area contributed by atoms with Gasteiger partial charge in [0.05, 0.1) is 11.8 Å². The fraction of sp³-hybridized carbons (Fsp3) is 0.308. The van der Waals surface area contributed by atoms with Gasteiger partial charge in [0.1, 0.15) is 11.0 Å². The molecule has 0 spiro atoms. The van der Waals surface area contributed by atoms with Crippen LogP contribution in [0.5, 0.6) is 0 Å². The highest BCUT2D eigenvalue weighted by Crippen LogP contribution is 2.25. The Morgan fingerprint density at radius 1 is 1.50 bits per heavy atom. The van der Waals surface area contributed by atoms with Crippen LogP contribution in [0.25, 0.3) is 0 Å². The first-order valence-electron chi connectivity index (χ1n) is 5.60. The van der Waals surface area contributed by atoms with Gasteiger partial charge in [-0.1, -0.05) is 23.7 Å². The van der Waals surface area contributed by atoms with Crippen molar-refractivity contribution in [3.63, 3.8) is 0 Å². The van der Waals surface area contributed by atoms with Gasteiger partial charge in [0.15, 0.2) is 0 Å². The van der Waals surface area contributed by atoms with E-state index < -0.39 is 6.10 Å². The second kappa shape index (κ2) is 5.08. The van der Waals surface area contributed by atoms with Crippen LogP contribution in [-0.4, -0.2) is 14.9 Å². The molecule has 18 heavy (non-hydrogen) atoms. The molecule has 1 N–H and O–H groups in total. The molecule has 3 nitrogen and oxygen atoms in total. The Kier molecular flexibility index (Phi) is 3.68. The first-order valence-corrected chi connectivity index (χ1v) is 5.98. The maximum Gasteiger partial charge on any atom is 0.130 e. The molecule has 1 aromatic heterocycles. The Morgan fingerprint density at radius 3 is 2.78 bits per heavy atom. The molecule has 0 fully saturated rings. The topological polar surface area (TPSA) is 38.0 Å². The minimum Gasteiger partial charge on any atom is -0.388 e. The van der Waals surface area contributed by atoms with E-state index >= 15 is 0 Å². The molecule has 0 aliphatic heterocycles. The number of benzene rings is 1. The Morgan fingerprint density at radius 2 is 2.22 bits per heavy atom. The number of aliphatic hydroxyl groups is 1. The smallest absolute Gasteiger partial charge is 0.130 e. The summed E-state index contributed by atoms with van der Waals surface area (Å²) in [5.41, 5.74) is 2.10. The van der Waals surface area contributed by atoms with E-state index in [0.717, 1.165) is 11.3 Å². The van der Waals surface area contributed by atoms with Crippen molar-refractivity contribution in [2.24, 2.45) is 7.05 Å². The summed E-state index contributed by atoms with van der Waals surface area (Å²) in [6, 6.07) is 5.93. The van der Waals surface area contributed by atoms with Crippen molar-refractivity contribution in [3.05, 3.63) is 52.1 Å². The van der Waals surface area contributed by atoms with Crippen LogP contribution in [0.3, 0.4) is 0 Å². The van der Waals surface area contributed by atoms with Crippen LogP contribution in [0, 0.1) is 12.7 Å². The summed E-state index contributed by atoms with van der Waals surface area (Å²) >= 11 is 6.09. The average molecular weight is 269 g/mol. The van der Waals surface area contributed by atoms with Crippen molar-refractivity contribution in [1.82, 2.24) is 9.78 Å². The molecule has 2 rings (SSSR count). The minimum atomic E-state index is -0.791. The molecule has 1 unspecified atom stereocenters. The predicted octanol–water partition coefficient (Wildman–Crippen LogP) is 2.80. The lowest BCUT2D eigenvalue weighted by atomic mass is 10.0. The molecule has 0 aliphatic rings. The van der Waals surface area contributed by atoms with E-state index in [4.69, 9.17) is 11.6 Å². The van der Waals surface area contributed by atoms with E-state index in [2.05, 4.69) is 5.10 Å². The maximum absolute atomic E-state index is 13.1. The Balaban J connectivity index is 2.24. The van der Waals surface area contributed by atoms with Gasteiger partial charge >= 0.3 is 0 Å². The van der Waals surface area contributed by atoms with Gasteiger partial charge in [-0.15, -0.1) is 0 Å². The highest BCUT2D eigenvalue weighted by atomic mass is 35.5. The van der Waals surface area contributed by atoms with Crippen LogP contribution in [0.2, 0.25) is 5.15 Å². The minimum absolute atomic E-state index is 0.321. The van der Waals surface area contributed by atoms with Gasteiger partial charge in [-0.05, 0) is 24.6 Å². The summed E-state index contributed by atoms with van der Waals surface area (Å²) in [6.07, 6.45) is -0.469. The SMILES string of the molecule is Cc1nn(C)c(Cl)c1CC(O)c1cccc(F)c1. The van der Waals surface area contributed by atoms with Crippen LogP contribution in [-0.2, 0) is 13.5 Å². The number of nitrogens with zero attached hydrogens (tertiary/aromatic N) is 2. The zero-order valence-corrected chi connectivity index (χ0v) is 10.9. The third-order valence-electron chi connectivity index (χ3n) is 2.90. The first kappa shape index (κ1) is 13.1. The largest absolute Gasteiger partial charge is 0.388 e. The third kappa shape index (κ3) is 2.54. The predicted molar refractivity (Wildman–Crippen MR) is 68.0 cm³/mol. The van der Waals surface area contributed by atoms with Gasteiger partial charge in [-0.3, -0.25) is 4.68 Å². The zero-order valence-electron chi connectivity index (χ0n) is 10.2. The van der Waals surface area contributed by atoms with Crippen LogP contribution in [0.1, 0.15) is 22.9 Å². The molecule has 5 heteroatoms. The van der Waals surface area contributed by atoms with Crippen molar-refractivity contribution < 1.29 is 9.50 Å². The summed E-state index contributed by atoms with van der Waals surface area (Å²) < 4.78 is 14.6. The number of halogens is 2. The number of aliphatic hydroxyl groups excluding tert-OH is 1. The molecule has 1 aromatic carbocycles. The number of aromatic nitrogens is 2. The van der Waals surface area contributed by atoms with Crippen molar-refractivity contribution in [3.8, 4) is 0 Å². The standard InChI is InChI=1S/C13H14ClFN2O/c1-8-11(13(14)17(2)16-8)7-12(18)9-4-3-5-10(15)6-9/h3-6,12,18H,7H2,1-2H3. The first-order chi connectivity index (χ1) is 8.49. The Labute approximate surface area is 110 Å². The van der Waals surface area contributed by atoms with Gasteiger partial charge in [-0.2, -0.15) is 5.10 Å². The molecular formula is C13H14ClFN2O. The molecule has 0 saturated heterocycles. The summed E-state index contributed by atoms with van der Waals surface area (Å²) in [7, 11) is 1.74. The maximum atomic E-state index is 13.1. The van der Waals surface area contributed by atoms with Crippen LogP contribution < -0.4 is 0 Å². The van der Waals surface area contributed by atoms with E-state index in [9.17, 15) is 9.50 Å². The molecule has 0 saturated carbocycles. The Hall–Kier alpha value is -1.39. The molecule has 96 valence electrons. The van der Waals surface area contributed by atoms with Crippen LogP contribution in [0.4, 0.5) is 4.39 Å². The average Bonchev–Trinajstić information content (AvgIpc) is 2.56. The molecule has 2 aromatic rings. The molecule has 0 radical (unpaired) electrons. The molecule has 1 heterocycles. The van der Waals surface area contributed by atoms with E-state index in [1.807, 2.05) is 6.92 Å². The van der Waals surface area contributed by atoms with E-state index in [-0.39, 0.29) is 5.82 Å². The lowest BCUT2D eigenvalue weighted by Gasteiger charge is -2.11. The number of hydrogen-bond acceptors (Lipinski definition) is 2. The van der Waals surface area contributed by atoms with Gasteiger partial charge < -0.3 is 5.11 Å². The van der Waals surface area contributed by atoms with Crippen molar-refractivity contribution in [1.29, 1.82) is 0 Å². The van der Waals surface area contributed by atoms with Crippen LogP contribution in [0.15, 0.2) is 24.3 Å². The lowest BCUT2D eigenvalue weighted by Crippen LogP contribution is -2.03. The number of hydrogen-bond donors (Lipinski definition) is 1. The molecule has 1 atom stereocenters. The number of aryl methyl sites for hydroxylation is 2. The Bertz CT molecular complexity index is 568. The lowest BCUT2D eigenvalue weighted by molar-refractivity contribution is 0.178. The van der Waals surface area contributed by atoms with Crippen molar-refractivity contribution >= 4 is 11.6 Å². The van der Waals surface area contributed by atoms with Gasteiger partial charge in [0, 0.05) is 19.0 Å². The molecule has 0 bridgehead atoms. The normalized spacial score (nSPS) is 12.7. The second-order valence-corrected chi connectivity index (χ2v) is 4.61. The summed E-state index contributed by atoms with van der Waals surface area (Å²) in [5, 5.41) is 14.8. The highest BCUT2D eigenvalue weighted by molar-refractivity contribution is 6.30. The van der Waals surface area contributed by atoms with Crippen molar-refractivity contribution in [2.75, 3.05) is 0 Å². The quantitative estimate of drug-likeness (QED) is 0.930. The zero-order chi connectivity index (χ0) is 13.3. The number of rotatable bonds is 3. The molecular weight excluding hydrogens is 255 g/mol. The summed E-state index contributed by atoms with van der Waals surface area (Å²) in [5.74, 6) is -0.361. The fourth-order valence-electron chi connectivity index (χ4n) is 1.93. The van der Waals surface area contributed by atoms with Gasteiger partial charge in [-0.25, -0.2) is 4.39 Å². The third-order valence-corrected chi connectivity index (χ3v) is 3.37. The second-order valence-electron chi connectivity index (χ2n) is 4.25.